The van der Waals surface area contributed by atoms with E-state index in [4.69, 9.17) is 4.74 Å². The molecule has 2 fully saturated rings. The van der Waals surface area contributed by atoms with Crippen LogP contribution in [0.15, 0.2) is 0 Å². The van der Waals surface area contributed by atoms with E-state index in [0.717, 1.165) is 32.1 Å². The van der Waals surface area contributed by atoms with Crippen LogP contribution in [-0.4, -0.2) is 49.2 Å². The van der Waals surface area contributed by atoms with Gasteiger partial charge < -0.3 is 10.1 Å². The first-order valence-corrected chi connectivity index (χ1v) is 8.00. The molecule has 0 bridgehead atoms. The first-order valence-electron chi connectivity index (χ1n) is 8.00. The lowest BCUT2D eigenvalue weighted by atomic mass is 9.73. The number of nitrogens with zero attached hydrogens (tertiary/aromatic N) is 1. The van der Waals surface area contributed by atoms with E-state index in [1.54, 1.807) is 0 Å². The molecule has 0 spiro atoms. The molecule has 2 aliphatic rings. The zero-order valence-electron chi connectivity index (χ0n) is 13.3. The molecule has 2 heterocycles. The molecule has 1 atom stereocenters. The van der Waals surface area contributed by atoms with Crippen LogP contribution in [0.1, 0.15) is 52.9 Å². The van der Waals surface area contributed by atoms with Gasteiger partial charge in [-0.2, -0.15) is 0 Å². The van der Waals surface area contributed by atoms with Gasteiger partial charge in [0.2, 0.25) is 0 Å². The quantitative estimate of drug-likeness (QED) is 0.785. The second kappa shape index (κ2) is 6.44. The van der Waals surface area contributed by atoms with Crippen molar-refractivity contribution in [3.05, 3.63) is 0 Å². The molecule has 0 saturated carbocycles. The smallest absolute Gasteiger partial charge is 0.293 e. The SMILES string of the molecule is CC1(CC(C)(C)OC=O)CCCN(C2CCNCC2)C1. The van der Waals surface area contributed by atoms with E-state index in [1.807, 2.05) is 13.8 Å². The van der Waals surface area contributed by atoms with Crippen molar-refractivity contribution in [3.8, 4) is 0 Å². The van der Waals surface area contributed by atoms with E-state index in [2.05, 4.69) is 17.1 Å². The number of hydrogen-bond donors (Lipinski definition) is 1. The number of hydrogen-bond acceptors (Lipinski definition) is 4. The Bertz CT molecular complexity index is 326. The number of ether oxygens (including phenoxy) is 1. The Morgan fingerprint density at radius 3 is 2.75 bits per heavy atom. The monoisotopic (exact) mass is 282 g/mol. The molecule has 2 aliphatic heterocycles. The second-order valence-electron chi connectivity index (χ2n) is 7.52. The van der Waals surface area contributed by atoms with E-state index in [1.165, 1.54) is 32.2 Å². The molecule has 1 N–H and O–H groups in total. The molecule has 2 saturated heterocycles. The average molecular weight is 282 g/mol. The summed E-state index contributed by atoms with van der Waals surface area (Å²) in [5, 5.41) is 3.44. The summed E-state index contributed by atoms with van der Waals surface area (Å²) in [5.41, 5.74) is -0.0940. The number of piperidine rings is 2. The van der Waals surface area contributed by atoms with Crippen LogP contribution in [0.3, 0.4) is 0 Å². The molecule has 20 heavy (non-hydrogen) atoms. The van der Waals surface area contributed by atoms with Crippen LogP contribution in [0, 0.1) is 5.41 Å². The van der Waals surface area contributed by atoms with Crippen LogP contribution in [0.4, 0.5) is 0 Å². The van der Waals surface area contributed by atoms with Crippen molar-refractivity contribution in [2.75, 3.05) is 26.2 Å². The Kier molecular flexibility index (Phi) is 5.08. The van der Waals surface area contributed by atoms with E-state index >= 15 is 0 Å². The summed E-state index contributed by atoms with van der Waals surface area (Å²) < 4.78 is 5.27. The van der Waals surface area contributed by atoms with Crippen molar-refractivity contribution in [2.24, 2.45) is 5.41 Å². The first kappa shape index (κ1) is 15.8. The predicted octanol–water partition coefficient (Wildman–Crippen LogP) is 2.18. The summed E-state index contributed by atoms with van der Waals surface area (Å²) in [4.78, 5) is 13.3. The summed E-state index contributed by atoms with van der Waals surface area (Å²) in [6.07, 6.45) is 5.98. The lowest BCUT2D eigenvalue weighted by Gasteiger charge is -2.47. The van der Waals surface area contributed by atoms with Crippen LogP contribution >= 0.6 is 0 Å². The lowest BCUT2D eigenvalue weighted by Crippen LogP contribution is -2.51. The average Bonchev–Trinajstić information content (AvgIpc) is 2.38. The minimum absolute atomic E-state index is 0.260. The van der Waals surface area contributed by atoms with E-state index in [-0.39, 0.29) is 11.0 Å². The number of carbonyl (C=O) groups is 1. The standard InChI is InChI=1S/C16H30N2O2/c1-15(2,20-13-19)11-16(3)7-4-10-18(12-16)14-5-8-17-9-6-14/h13-14,17H,4-12H2,1-3H3. The Labute approximate surface area is 123 Å². The predicted molar refractivity (Wildman–Crippen MR) is 80.7 cm³/mol. The van der Waals surface area contributed by atoms with E-state index < -0.39 is 0 Å². The molecule has 0 aliphatic carbocycles. The van der Waals surface area contributed by atoms with Gasteiger partial charge in [0.25, 0.3) is 6.47 Å². The van der Waals surface area contributed by atoms with Gasteiger partial charge in [-0.3, -0.25) is 9.69 Å². The van der Waals surface area contributed by atoms with Gasteiger partial charge in [-0.05, 0) is 71.0 Å². The highest BCUT2D eigenvalue weighted by Crippen LogP contribution is 2.39. The third-order valence-corrected chi connectivity index (χ3v) is 4.86. The molecule has 0 aromatic rings. The highest BCUT2D eigenvalue weighted by Gasteiger charge is 2.39. The number of nitrogens with one attached hydrogen (secondary N) is 1. The second-order valence-corrected chi connectivity index (χ2v) is 7.52. The van der Waals surface area contributed by atoms with Gasteiger partial charge in [-0.25, -0.2) is 0 Å². The minimum atomic E-state index is -0.354. The zero-order valence-corrected chi connectivity index (χ0v) is 13.3. The third-order valence-electron chi connectivity index (χ3n) is 4.86. The van der Waals surface area contributed by atoms with Gasteiger partial charge in [0.15, 0.2) is 0 Å². The van der Waals surface area contributed by atoms with Crippen molar-refractivity contribution in [2.45, 2.75) is 64.5 Å². The summed E-state index contributed by atoms with van der Waals surface area (Å²) >= 11 is 0. The lowest BCUT2D eigenvalue weighted by molar-refractivity contribution is -0.144. The van der Waals surface area contributed by atoms with Crippen LogP contribution < -0.4 is 5.32 Å². The first-order chi connectivity index (χ1) is 9.44. The normalized spacial score (nSPS) is 30.1. The Morgan fingerprint density at radius 1 is 1.40 bits per heavy atom. The van der Waals surface area contributed by atoms with Gasteiger partial charge in [0, 0.05) is 12.6 Å². The largest absolute Gasteiger partial charge is 0.462 e. The van der Waals surface area contributed by atoms with E-state index in [9.17, 15) is 4.79 Å². The summed E-state index contributed by atoms with van der Waals surface area (Å²) in [5.74, 6) is 0. The van der Waals surface area contributed by atoms with Gasteiger partial charge in [0.05, 0.1) is 0 Å². The molecule has 1 unspecified atom stereocenters. The molecular weight excluding hydrogens is 252 g/mol. The van der Waals surface area contributed by atoms with Crippen LogP contribution in [-0.2, 0) is 9.53 Å². The van der Waals surface area contributed by atoms with Crippen molar-refractivity contribution in [1.82, 2.24) is 10.2 Å². The summed E-state index contributed by atoms with van der Waals surface area (Å²) in [7, 11) is 0. The Balaban J connectivity index is 1.95. The van der Waals surface area contributed by atoms with Crippen molar-refractivity contribution in [1.29, 1.82) is 0 Å². The highest BCUT2D eigenvalue weighted by atomic mass is 16.5. The molecule has 0 amide bonds. The fourth-order valence-corrected chi connectivity index (χ4v) is 4.18. The maximum absolute atomic E-state index is 10.6. The molecule has 4 nitrogen and oxygen atoms in total. The number of likely N-dealkylation sites (tertiary alicyclic amines) is 1. The Hall–Kier alpha value is -0.610. The van der Waals surface area contributed by atoms with Gasteiger partial charge >= 0.3 is 0 Å². The molecule has 0 aromatic carbocycles. The molecule has 0 aromatic heterocycles. The number of rotatable bonds is 5. The van der Waals surface area contributed by atoms with Crippen molar-refractivity contribution in [3.63, 3.8) is 0 Å². The third kappa shape index (κ3) is 4.19. The van der Waals surface area contributed by atoms with Crippen molar-refractivity contribution < 1.29 is 9.53 Å². The minimum Gasteiger partial charge on any atom is -0.462 e. The summed E-state index contributed by atoms with van der Waals surface area (Å²) in [6, 6.07) is 0.742. The molecule has 0 radical (unpaired) electrons. The Morgan fingerprint density at radius 2 is 2.10 bits per heavy atom. The maximum Gasteiger partial charge on any atom is 0.293 e. The topological polar surface area (TPSA) is 41.6 Å². The van der Waals surface area contributed by atoms with Crippen LogP contribution in [0.2, 0.25) is 0 Å². The van der Waals surface area contributed by atoms with E-state index in [0.29, 0.717) is 6.47 Å². The summed E-state index contributed by atoms with van der Waals surface area (Å²) in [6.45, 7) is 11.7. The maximum atomic E-state index is 10.6. The zero-order chi connectivity index (χ0) is 14.6. The fraction of sp³-hybridized carbons (Fsp3) is 0.938. The van der Waals surface area contributed by atoms with Crippen LogP contribution in [0.5, 0.6) is 0 Å². The van der Waals surface area contributed by atoms with Crippen LogP contribution in [0.25, 0.3) is 0 Å². The molecule has 2 rings (SSSR count). The molecule has 4 heteroatoms. The molecule has 116 valence electrons. The van der Waals surface area contributed by atoms with Gasteiger partial charge in [-0.1, -0.05) is 6.92 Å². The van der Waals surface area contributed by atoms with Gasteiger partial charge in [0.1, 0.15) is 5.60 Å². The molecular formula is C16H30N2O2. The fourth-order valence-electron chi connectivity index (χ4n) is 4.18. The van der Waals surface area contributed by atoms with Crippen molar-refractivity contribution >= 4 is 6.47 Å². The highest BCUT2D eigenvalue weighted by molar-refractivity contribution is 5.38. The van der Waals surface area contributed by atoms with Gasteiger partial charge in [-0.15, -0.1) is 0 Å². The number of carbonyl (C=O) groups excluding carboxylic acids is 1.